The predicted octanol–water partition coefficient (Wildman–Crippen LogP) is 1.78. The van der Waals surface area contributed by atoms with Gasteiger partial charge >= 0.3 is 8.56 Å². The molecular formula is C13H31BO5Si. The normalized spacial score (nSPS) is 20.9. The fourth-order valence-electron chi connectivity index (χ4n) is 2.29. The largest absolute Gasteiger partial charge is 0.440 e. The first-order valence-corrected chi connectivity index (χ1v) is 9.04. The van der Waals surface area contributed by atoms with E-state index in [1.165, 1.54) is 0 Å². The van der Waals surface area contributed by atoms with Crippen LogP contribution in [0.5, 0.6) is 0 Å². The van der Waals surface area contributed by atoms with Gasteiger partial charge < -0.3 is 23.0 Å². The third-order valence-electron chi connectivity index (χ3n) is 3.77. The van der Waals surface area contributed by atoms with Crippen LogP contribution in [0.15, 0.2) is 0 Å². The standard InChI is InChI=1S/C9H20O4Si.C4H11BO/c1-10-9(11-2)7-5-6-8-14(9,12-3)13-4;1-4(2,3)6-5/h5-8H2,1-4H3;5H2,1-3H3. The second kappa shape index (κ2) is 8.51. The van der Waals surface area contributed by atoms with Crippen LogP contribution in [-0.4, -0.2) is 56.1 Å². The molecule has 120 valence electrons. The third kappa shape index (κ3) is 4.82. The lowest BCUT2D eigenvalue weighted by Gasteiger charge is -2.46. The number of rotatable bonds is 4. The van der Waals surface area contributed by atoms with Crippen molar-refractivity contribution in [2.45, 2.75) is 57.1 Å². The molecule has 0 N–H and O–H groups in total. The summed E-state index contributed by atoms with van der Waals surface area (Å²) in [6.07, 6.45) is 3.08. The highest BCUT2D eigenvalue weighted by Crippen LogP contribution is 2.40. The van der Waals surface area contributed by atoms with E-state index in [0.29, 0.717) is 0 Å². The fraction of sp³-hybridized carbons (Fsp3) is 1.00. The summed E-state index contributed by atoms with van der Waals surface area (Å²) in [5, 5.41) is 0. The van der Waals surface area contributed by atoms with Crippen molar-refractivity contribution in [2.24, 2.45) is 0 Å². The molecule has 1 saturated heterocycles. The summed E-state index contributed by atoms with van der Waals surface area (Å²) in [5.74, 6) is 0. The van der Waals surface area contributed by atoms with Gasteiger partial charge in [-0.05, 0) is 33.2 Å². The van der Waals surface area contributed by atoms with Crippen LogP contribution in [0.3, 0.4) is 0 Å². The lowest BCUT2D eigenvalue weighted by Crippen LogP contribution is -2.65. The van der Waals surface area contributed by atoms with Gasteiger partial charge in [-0.2, -0.15) is 0 Å². The Labute approximate surface area is 126 Å². The fourth-order valence-corrected chi connectivity index (χ4v) is 5.77. The predicted molar refractivity (Wildman–Crippen MR) is 84.6 cm³/mol. The molecule has 5 nitrogen and oxygen atoms in total. The molecule has 0 unspecified atom stereocenters. The molecule has 0 radical (unpaired) electrons. The van der Waals surface area contributed by atoms with Crippen LogP contribution < -0.4 is 0 Å². The van der Waals surface area contributed by atoms with Crippen molar-refractivity contribution in [1.29, 1.82) is 0 Å². The highest BCUT2D eigenvalue weighted by Gasteiger charge is 2.60. The van der Waals surface area contributed by atoms with Gasteiger partial charge in [0.2, 0.25) is 5.41 Å². The summed E-state index contributed by atoms with van der Waals surface area (Å²) in [6, 6.07) is 0.932. The van der Waals surface area contributed by atoms with Crippen LogP contribution in [0.1, 0.15) is 40.0 Å². The summed E-state index contributed by atoms with van der Waals surface area (Å²) >= 11 is 0. The number of ether oxygens (including phenoxy) is 2. The lowest BCUT2D eigenvalue weighted by molar-refractivity contribution is -0.183. The Kier molecular flexibility index (Phi) is 8.54. The summed E-state index contributed by atoms with van der Waals surface area (Å²) < 4.78 is 27.2. The van der Waals surface area contributed by atoms with E-state index in [9.17, 15) is 0 Å². The van der Waals surface area contributed by atoms with Crippen molar-refractivity contribution in [1.82, 2.24) is 0 Å². The molecule has 1 heterocycles. The maximum absolute atomic E-state index is 5.59. The second-order valence-electron chi connectivity index (χ2n) is 5.85. The zero-order chi connectivity index (χ0) is 15.9. The van der Waals surface area contributed by atoms with Crippen molar-refractivity contribution in [2.75, 3.05) is 28.4 Å². The maximum atomic E-state index is 5.59. The molecule has 0 amide bonds. The molecule has 0 saturated carbocycles. The van der Waals surface area contributed by atoms with E-state index in [1.54, 1.807) is 36.5 Å². The first kappa shape index (κ1) is 20.1. The molecule has 0 spiro atoms. The first-order valence-electron chi connectivity index (χ1n) is 7.02. The zero-order valence-electron chi connectivity index (χ0n) is 14.4. The van der Waals surface area contributed by atoms with Crippen LogP contribution in [0.2, 0.25) is 6.04 Å². The smallest absolute Gasteiger partial charge is 0.399 e. The molecule has 1 fully saturated rings. The Hall–Kier alpha value is 0.0818. The zero-order valence-corrected chi connectivity index (χ0v) is 15.4. The van der Waals surface area contributed by atoms with Gasteiger partial charge in [-0.3, -0.25) is 0 Å². The highest BCUT2D eigenvalue weighted by atomic mass is 28.4. The monoisotopic (exact) mass is 306 g/mol. The molecule has 1 aliphatic rings. The molecule has 20 heavy (non-hydrogen) atoms. The van der Waals surface area contributed by atoms with Gasteiger partial charge in [0.25, 0.3) is 8.05 Å². The quantitative estimate of drug-likeness (QED) is 0.585. The molecule has 0 aliphatic carbocycles. The molecule has 1 aliphatic heterocycles. The number of methoxy groups -OCH3 is 2. The van der Waals surface area contributed by atoms with Gasteiger partial charge in [0.05, 0.1) is 0 Å². The first-order chi connectivity index (χ1) is 9.26. The summed E-state index contributed by atoms with van der Waals surface area (Å²) in [5.41, 5.74) is -0.589. The van der Waals surface area contributed by atoms with E-state index in [2.05, 4.69) is 0 Å². The summed E-state index contributed by atoms with van der Waals surface area (Å²) in [6.45, 7) is 6.06. The van der Waals surface area contributed by atoms with E-state index in [-0.39, 0.29) is 5.60 Å². The van der Waals surface area contributed by atoms with Gasteiger partial charge in [0.15, 0.2) is 0 Å². The molecule has 1 rings (SSSR count). The van der Waals surface area contributed by atoms with Gasteiger partial charge in [0.1, 0.15) is 0 Å². The highest BCUT2D eigenvalue weighted by molar-refractivity contribution is 6.70. The minimum absolute atomic E-state index is 0.0417. The van der Waals surface area contributed by atoms with E-state index in [0.717, 1.165) is 25.3 Å². The van der Waals surface area contributed by atoms with Crippen molar-refractivity contribution in [3.63, 3.8) is 0 Å². The van der Waals surface area contributed by atoms with E-state index in [1.807, 2.05) is 20.8 Å². The van der Waals surface area contributed by atoms with Crippen LogP contribution in [0, 0.1) is 0 Å². The molecule has 0 aromatic heterocycles. The topological polar surface area (TPSA) is 46.2 Å². The maximum Gasteiger partial charge on any atom is 0.399 e. The van der Waals surface area contributed by atoms with Crippen LogP contribution in [0.25, 0.3) is 0 Å². The molecule has 7 heteroatoms. The lowest BCUT2D eigenvalue weighted by atomic mass is 10.2. The minimum Gasteiger partial charge on any atom is -0.440 e. The van der Waals surface area contributed by atoms with Gasteiger partial charge in [0, 0.05) is 40.5 Å². The number of hydrogen-bond acceptors (Lipinski definition) is 5. The summed E-state index contributed by atoms with van der Waals surface area (Å²) in [7, 11) is 6.05. The van der Waals surface area contributed by atoms with E-state index >= 15 is 0 Å². The SMILES string of the molecule is BOC(C)(C)C.COC1(OC)CCCC[Si]1(OC)OC. The Balaban J connectivity index is 0.000000511. The molecule has 0 bridgehead atoms. The third-order valence-corrected chi connectivity index (χ3v) is 7.92. The Morgan fingerprint density at radius 3 is 1.65 bits per heavy atom. The van der Waals surface area contributed by atoms with E-state index < -0.39 is 14.0 Å². The van der Waals surface area contributed by atoms with Gasteiger partial charge in [-0.15, -0.1) is 0 Å². The Morgan fingerprint density at radius 1 is 0.950 bits per heavy atom. The summed E-state index contributed by atoms with van der Waals surface area (Å²) in [4.78, 5) is 0. The average Bonchev–Trinajstić information content (AvgIpc) is 2.46. The second-order valence-corrected chi connectivity index (χ2v) is 9.43. The van der Waals surface area contributed by atoms with Crippen molar-refractivity contribution in [3.8, 4) is 0 Å². The van der Waals surface area contributed by atoms with E-state index in [4.69, 9.17) is 23.0 Å². The molecule has 0 aromatic rings. The Bertz CT molecular complexity index is 242. The van der Waals surface area contributed by atoms with Gasteiger partial charge in [-0.25, -0.2) is 0 Å². The van der Waals surface area contributed by atoms with Gasteiger partial charge in [-0.1, -0.05) is 6.42 Å². The van der Waals surface area contributed by atoms with Crippen molar-refractivity contribution in [3.05, 3.63) is 0 Å². The molecule has 0 atom stereocenters. The molecular weight excluding hydrogens is 275 g/mol. The average molecular weight is 306 g/mol. The Morgan fingerprint density at radius 2 is 1.40 bits per heavy atom. The van der Waals surface area contributed by atoms with Crippen LogP contribution in [-0.2, 0) is 23.0 Å². The molecule has 0 aromatic carbocycles. The van der Waals surface area contributed by atoms with Crippen molar-refractivity contribution >= 4 is 16.6 Å². The van der Waals surface area contributed by atoms with Crippen molar-refractivity contribution < 1.29 is 23.0 Å². The van der Waals surface area contributed by atoms with Crippen LogP contribution >= 0.6 is 0 Å². The number of hydrogen-bond donors (Lipinski definition) is 0. The minimum atomic E-state index is -2.35. The van der Waals surface area contributed by atoms with Crippen LogP contribution in [0.4, 0.5) is 0 Å².